The van der Waals surface area contributed by atoms with Crippen LogP contribution in [0.4, 0.5) is 11.8 Å². The Kier molecular flexibility index (Phi) is 5.64. The molecule has 2 aliphatic rings. The van der Waals surface area contributed by atoms with Crippen LogP contribution in [0.15, 0.2) is 6.07 Å². The molecule has 0 aliphatic carbocycles. The summed E-state index contributed by atoms with van der Waals surface area (Å²) in [5.74, 6) is 1.83. The Balaban J connectivity index is 1.82. The summed E-state index contributed by atoms with van der Waals surface area (Å²) in [5, 5.41) is 12.1. The van der Waals surface area contributed by atoms with Gasteiger partial charge in [0.25, 0.3) is 0 Å². The number of hydrogen-bond acceptors (Lipinski definition) is 7. The second kappa shape index (κ2) is 7.90. The van der Waals surface area contributed by atoms with Gasteiger partial charge in [-0.1, -0.05) is 0 Å². The Morgan fingerprint density at radius 3 is 2.70 bits per heavy atom. The van der Waals surface area contributed by atoms with Gasteiger partial charge in [0.15, 0.2) is 0 Å². The van der Waals surface area contributed by atoms with Crippen molar-refractivity contribution in [2.24, 2.45) is 0 Å². The summed E-state index contributed by atoms with van der Waals surface area (Å²) < 4.78 is 10.9. The van der Waals surface area contributed by atoms with Crippen molar-refractivity contribution in [3.05, 3.63) is 11.8 Å². The minimum Gasteiger partial charge on any atom is -0.395 e. The third-order valence-corrected chi connectivity index (χ3v) is 4.58. The van der Waals surface area contributed by atoms with E-state index in [0.717, 1.165) is 57.2 Å². The highest BCUT2D eigenvalue weighted by Crippen LogP contribution is 2.28. The number of aromatic nitrogens is 2. The Morgan fingerprint density at radius 1 is 1.22 bits per heavy atom. The average Bonchev–Trinajstić information content (AvgIpc) is 3.14. The Morgan fingerprint density at radius 2 is 2.00 bits per heavy atom. The minimum absolute atomic E-state index is 0.0608. The normalized spacial score (nSPS) is 22.3. The van der Waals surface area contributed by atoms with Gasteiger partial charge in [-0.05, 0) is 19.3 Å². The molecule has 2 N–H and O–H groups in total. The average molecular weight is 322 g/mol. The van der Waals surface area contributed by atoms with Crippen molar-refractivity contribution in [1.82, 2.24) is 9.97 Å². The highest BCUT2D eigenvalue weighted by Gasteiger charge is 2.24. The van der Waals surface area contributed by atoms with Crippen molar-refractivity contribution >= 4 is 11.8 Å². The van der Waals surface area contributed by atoms with Crippen LogP contribution in [-0.4, -0.2) is 67.7 Å². The Hall–Kier alpha value is -1.44. The Bertz CT molecular complexity index is 502. The molecule has 128 valence electrons. The van der Waals surface area contributed by atoms with E-state index in [2.05, 4.69) is 33.3 Å². The summed E-state index contributed by atoms with van der Waals surface area (Å²) in [6, 6.07) is 2.52. The first-order valence-electron chi connectivity index (χ1n) is 8.40. The molecule has 1 atom stereocenters. The van der Waals surface area contributed by atoms with E-state index in [-0.39, 0.29) is 6.61 Å². The molecule has 7 heteroatoms. The van der Waals surface area contributed by atoms with E-state index >= 15 is 0 Å². The molecule has 0 unspecified atom stereocenters. The lowest BCUT2D eigenvalue weighted by Crippen LogP contribution is -2.37. The van der Waals surface area contributed by atoms with Crippen molar-refractivity contribution in [3.8, 4) is 0 Å². The number of aliphatic hydroxyl groups is 1. The summed E-state index contributed by atoms with van der Waals surface area (Å²) in [6.07, 6.45) is 3.03. The van der Waals surface area contributed by atoms with Crippen LogP contribution in [0.5, 0.6) is 0 Å². The quantitative estimate of drug-likeness (QED) is 0.809. The lowest BCUT2D eigenvalue weighted by atomic mass is 10.0. The van der Waals surface area contributed by atoms with E-state index in [1.165, 1.54) is 0 Å². The highest BCUT2D eigenvalue weighted by molar-refractivity contribution is 5.46. The summed E-state index contributed by atoms with van der Waals surface area (Å²) in [4.78, 5) is 11.5. The zero-order valence-electron chi connectivity index (χ0n) is 13.7. The fourth-order valence-electron chi connectivity index (χ4n) is 3.12. The monoisotopic (exact) mass is 322 g/mol. The zero-order valence-corrected chi connectivity index (χ0v) is 13.7. The minimum atomic E-state index is 0.0608. The van der Waals surface area contributed by atoms with Crippen molar-refractivity contribution in [2.45, 2.75) is 31.2 Å². The van der Waals surface area contributed by atoms with Gasteiger partial charge in [-0.25, -0.2) is 4.98 Å². The standard InChI is InChI=1S/C16H26N4O3/c1-20(13-3-8-22-9-4-13)15-10-14(12-2-7-23-11-12)18-16(19-15)17-5-6-21/h10,12-13,21H,2-9,11H2,1H3,(H,17,18,19)/t12-/m1/s1. The molecule has 0 radical (unpaired) electrons. The molecule has 23 heavy (non-hydrogen) atoms. The van der Waals surface area contributed by atoms with Gasteiger partial charge in [-0.3, -0.25) is 0 Å². The predicted molar refractivity (Wildman–Crippen MR) is 88.0 cm³/mol. The molecule has 0 saturated carbocycles. The molecule has 3 heterocycles. The molecule has 2 saturated heterocycles. The van der Waals surface area contributed by atoms with E-state index in [0.29, 0.717) is 24.5 Å². The molecule has 1 aromatic rings. The second-order valence-corrected chi connectivity index (χ2v) is 6.14. The first-order valence-corrected chi connectivity index (χ1v) is 8.40. The largest absolute Gasteiger partial charge is 0.395 e. The maximum Gasteiger partial charge on any atom is 0.224 e. The number of aliphatic hydroxyl groups excluding tert-OH is 1. The van der Waals surface area contributed by atoms with Crippen LogP contribution in [-0.2, 0) is 9.47 Å². The van der Waals surface area contributed by atoms with Gasteiger partial charge in [-0.2, -0.15) is 4.98 Å². The maximum atomic E-state index is 9.03. The summed E-state index contributed by atoms with van der Waals surface area (Å²) >= 11 is 0. The van der Waals surface area contributed by atoms with E-state index in [1.54, 1.807) is 0 Å². The van der Waals surface area contributed by atoms with Crippen LogP contribution in [0.2, 0.25) is 0 Å². The molecule has 0 spiro atoms. The molecular formula is C16H26N4O3. The molecule has 0 aromatic carbocycles. The van der Waals surface area contributed by atoms with Gasteiger partial charge in [0.05, 0.1) is 18.9 Å². The number of nitrogens with one attached hydrogen (secondary N) is 1. The number of nitrogens with zero attached hydrogens (tertiary/aromatic N) is 3. The number of hydrogen-bond donors (Lipinski definition) is 2. The van der Waals surface area contributed by atoms with Crippen LogP contribution < -0.4 is 10.2 Å². The van der Waals surface area contributed by atoms with E-state index < -0.39 is 0 Å². The van der Waals surface area contributed by atoms with E-state index in [1.807, 2.05) is 0 Å². The van der Waals surface area contributed by atoms with Crippen molar-refractivity contribution in [1.29, 1.82) is 0 Å². The number of ether oxygens (including phenoxy) is 2. The molecule has 0 amide bonds. The molecular weight excluding hydrogens is 296 g/mol. The van der Waals surface area contributed by atoms with E-state index in [4.69, 9.17) is 14.6 Å². The van der Waals surface area contributed by atoms with Gasteiger partial charge in [0, 0.05) is 51.4 Å². The fraction of sp³-hybridized carbons (Fsp3) is 0.750. The lowest BCUT2D eigenvalue weighted by molar-refractivity contribution is 0.0853. The SMILES string of the molecule is CN(c1cc([C@@H]2CCOC2)nc(NCCO)n1)C1CCOCC1. The molecule has 2 fully saturated rings. The van der Waals surface area contributed by atoms with Crippen LogP contribution in [0.3, 0.4) is 0 Å². The first kappa shape index (κ1) is 16.4. The molecule has 1 aromatic heterocycles. The summed E-state index contributed by atoms with van der Waals surface area (Å²) in [5.41, 5.74) is 1.02. The second-order valence-electron chi connectivity index (χ2n) is 6.14. The van der Waals surface area contributed by atoms with Crippen LogP contribution in [0.1, 0.15) is 30.9 Å². The maximum absolute atomic E-state index is 9.03. The fourth-order valence-corrected chi connectivity index (χ4v) is 3.12. The number of anilines is 2. The van der Waals surface area contributed by atoms with Crippen LogP contribution in [0, 0.1) is 0 Å². The smallest absolute Gasteiger partial charge is 0.224 e. The van der Waals surface area contributed by atoms with Gasteiger partial charge < -0.3 is 24.8 Å². The number of rotatable bonds is 6. The third kappa shape index (κ3) is 4.10. The van der Waals surface area contributed by atoms with Gasteiger partial charge in [-0.15, -0.1) is 0 Å². The van der Waals surface area contributed by atoms with Crippen molar-refractivity contribution in [2.75, 3.05) is 56.8 Å². The third-order valence-electron chi connectivity index (χ3n) is 4.58. The highest BCUT2D eigenvalue weighted by atomic mass is 16.5. The molecule has 7 nitrogen and oxygen atoms in total. The first-order chi connectivity index (χ1) is 11.3. The van der Waals surface area contributed by atoms with Gasteiger partial charge in [0.1, 0.15) is 5.82 Å². The topological polar surface area (TPSA) is 79.7 Å². The van der Waals surface area contributed by atoms with Crippen LogP contribution >= 0.6 is 0 Å². The predicted octanol–water partition coefficient (Wildman–Crippen LogP) is 1.000. The van der Waals surface area contributed by atoms with Gasteiger partial charge in [0.2, 0.25) is 5.95 Å². The van der Waals surface area contributed by atoms with Crippen LogP contribution in [0.25, 0.3) is 0 Å². The van der Waals surface area contributed by atoms with Gasteiger partial charge >= 0.3 is 0 Å². The lowest BCUT2D eigenvalue weighted by Gasteiger charge is -2.32. The van der Waals surface area contributed by atoms with E-state index in [9.17, 15) is 0 Å². The summed E-state index contributed by atoms with van der Waals surface area (Å²) in [6.45, 7) is 3.63. The molecule has 0 bridgehead atoms. The zero-order chi connectivity index (χ0) is 16.1. The Labute approximate surface area is 137 Å². The summed E-state index contributed by atoms with van der Waals surface area (Å²) in [7, 11) is 2.09. The molecule has 3 rings (SSSR count). The van der Waals surface area contributed by atoms with Crippen molar-refractivity contribution in [3.63, 3.8) is 0 Å². The molecule has 2 aliphatic heterocycles. The van der Waals surface area contributed by atoms with Crippen molar-refractivity contribution < 1.29 is 14.6 Å².